The molecule has 0 saturated heterocycles. The Kier molecular flexibility index (Phi) is 9.79. The van der Waals surface area contributed by atoms with Crippen LogP contribution in [0.25, 0.3) is 0 Å². The van der Waals surface area contributed by atoms with Crippen molar-refractivity contribution in [2.45, 2.75) is 46.2 Å². The number of amides is 2. The number of rotatable bonds is 10. The lowest BCUT2D eigenvalue weighted by molar-refractivity contribution is -0.139. The summed E-state index contributed by atoms with van der Waals surface area (Å²) >= 11 is 12.1. The highest BCUT2D eigenvalue weighted by Gasteiger charge is 2.30. The highest BCUT2D eigenvalue weighted by Crippen LogP contribution is 2.25. The largest absolute Gasteiger partial charge is 0.355 e. The van der Waals surface area contributed by atoms with Gasteiger partial charge < -0.3 is 10.2 Å². The zero-order chi connectivity index (χ0) is 25.6. The van der Waals surface area contributed by atoms with Gasteiger partial charge in [0.15, 0.2) is 0 Å². The lowest BCUT2D eigenvalue weighted by Crippen LogP contribution is -2.51. The summed E-state index contributed by atoms with van der Waals surface area (Å²) in [6, 6.07) is 11.1. The number of hydrogen-bond acceptors (Lipinski definition) is 4. The van der Waals surface area contributed by atoms with Crippen molar-refractivity contribution in [1.29, 1.82) is 0 Å². The smallest absolute Gasteiger partial charge is 0.244 e. The van der Waals surface area contributed by atoms with Crippen LogP contribution in [0.15, 0.2) is 42.5 Å². The number of nitrogens with one attached hydrogen (secondary N) is 1. The first kappa shape index (κ1) is 28.0. The summed E-state index contributed by atoms with van der Waals surface area (Å²) in [5, 5.41) is 3.40. The SMILES string of the molecule is CCNC(=O)[C@@H](C)N(Cc1ccc(Cl)c(Cl)c1)C(=O)CN(c1ccc(C(C)C)cc1)S(C)(=O)=O. The predicted molar refractivity (Wildman–Crippen MR) is 138 cm³/mol. The van der Waals surface area contributed by atoms with Crippen molar-refractivity contribution >= 4 is 50.7 Å². The molecule has 2 amide bonds. The Morgan fingerprint density at radius 1 is 1.00 bits per heavy atom. The normalized spacial score (nSPS) is 12.4. The average Bonchev–Trinajstić information content (AvgIpc) is 2.77. The van der Waals surface area contributed by atoms with Crippen LogP contribution in [-0.2, 0) is 26.2 Å². The van der Waals surface area contributed by atoms with Gasteiger partial charge in [0.1, 0.15) is 12.6 Å². The minimum Gasteiger partial charge on any atom is -0.355 e. The fraction of sp³-hybridized carbons (Fsp3) is 0.417. The second-order valence-electron chi connectivity index (χ2n) is 8.36. The summed E-state index contributed by atoms with van der Waals surface area (Å²) in [5.74, 6) is -0.590. The van der Waals surface area contributed by atoms with Gasteiger partial charge in [-0.15, -0.1) is 0 Å². The number of sulfonamides is 1. The number of nitrogens with zero attached hydrogens (tertiary/aromatic N) is 2. The van der Waals surface area contributed by atoms with Gasteiger partial charge in [0.05, 0.1) is 22.0 Å². The van der Waals surface area contributed by atoms with Crippen LogP contribution >= 0.6 is 23.2 Å². The molecule has 0 bridgehead atoms. The topological polar surface area (TPSA) is 86.8 Å². The van der Waals surface area contributed by atoms with E-state index >= 15 is 0 Å². The van der Waals surface area contributed by atoms with Gasteiger partial charge in [0.2, 0.25) is 21.8 Å². The van der Waals surface area contributed by atoms with E-state index < -0.39 is 28.5 Å². The van der Waals surface area contributed by atoms with Crippen molar-refractivity contribution in [2.75, 3.05) is 23.7 Å². The van der Waals surface area contributed by atoms with Crippen molar-refractivity contribution in [2.24, 2.45) is 0 Å². The molecular formula is C24H31Cl2N3O4S. The molecule has 0 radical (unpaired) electrons. The van der Waals surface area contributed by atoms with E-state index in [1.807, 2.05) is 26.0 Å². The Morgan fingerprint density at radius 2 is 1.62 bits per heavy atom. The Hall–Kier alpha value is -2.29. The molecule has 34 heavy (non-hydrogen) atoms. The van der Waals surface area contributed by atoms with E-state index in [-0.39, 0.29) is 18.4 Å². The van der Waals surface area contributed by atoms with E-state index in [4.69, 9.17) is 23.2 Å². The molecule has 0 heterocycles. The lowest BCUT2D eigenvalue weighted by Gasteiger charge is -2.31. The molecule has 0 aliphatic rings. The molecule has 1 N–H and O–H groups in total. The lowest BCUT2D eigenvalue weighted by atomic mass is 10.0. The molecule has 0 aliphatic carbocycles. The monoisotopic (exact) mass is 527 g/mol. The Balaban J connectivity index is 2.39. The summed E-state index contributed by atoms with van der Waals surface area (Å²) in [6.07, 6.45) is 1.05. The summed E-state index contributed by atoms with van der Waals surface area (Å²) in [5.41, 5.74) is 2.08. The number of anilines is 1. The molecule has 1 atom stereocenters. The highest BCUT2D eigenvalue weighted by molar-refractivity contribution is 7.92. The van der Waals surface area contributed by atoms with Crippen LogP contribution in [0.2, 0.25) is 10.0 Å². The van der Waals surface area contributed by atoms with Crippen molar-refractivity contribution < 1.29 is 18.0 Å². The second kappa shape index (κ2) is 11.9. The molecule has 0 aromatic heterocycles. The molecule has 0 aliphatic heterocycles. The minimum atomic E-state index is -3.77. The van der Waals surface area contributed by atoms with Gasteiger partial charge in [-0.3, -0.25) is 13.9 Å². The third kappa shape index (κ3) is 7.35. The molecule has 2 aromatic rings. The van der Waals surface area contributed by atoms with Crippen LogP contribution in [0.5, 0.6) is 0 Å². The second-order valence-corrected chi connectivity index (χ2v) is 11.1. The van der Waals surface area contributed by atoms with Crippen molar-refractivity contribution in [3.05, 3.63) is 63.6 Å². The number of carbonyl (C=O) groups is 2. The van der Waals surface area contributed by atoms with E-state index in [9.17, 15) is 18.0 Å². The molecule has 0 spiro atoms. The third-order valence-corrected chi connectivity index (χ3v) is 7.26. The fourth-order valence-electron chi connectivity index (χ4n) is 3.38. The fourth-order valence-corrected chi connectivity index (χ4v) is 4.55. The third-order valence-electron chi connectivity index (χ3n) is 5.38. The van der Waals surface area contributed by atoms with Gasteiger partial charge >= 0.3 is 0 Å². The molecule has 186 valence electrons. The maximum Gasteiger partial charge on any atom is 0.244 e. The molecule has 0 unspecified atom stereocenters. The van der Waals surface area contributed by atoms with Crippen LogP contribution < -0.4 is 9.62 Å². The summed E-state index contributed by atoms with van der Waals surface area (Å²) in [6.45, 7) is 7.45. The Morgan fingerprint density at radius 3 is 2.12 bits per heavy atom. The molecule has 10 heteroatoms. The van der Waals surface area contributed by atoms with Gasteiger partial charge in [-0.2, -0.15) is 0 Å². The first-order chi connectivity index (χ1) is 15.8. The van der Waals surface area contributed by atoms with Gasteiger partial charge in [-0.05, 0) is 55.2 Å². The molecular weight excluding hydrogens is 497 g/mol. The van der Waals surface area contributed by atoms with Gasteiger partial charge in [0.25, 0.3) is 0 Å². The van der Waals surface area contributed by atoms with Gasteiger partial charge in [-0.25, -0.2) is 8.42 Å². The van der Waals surface area contributed by atoms with E-state index in [0.29, 0.717) is 27.8 Å². The highest BCUT2D eigenvalue weighted by atomic mass is 35.5. The summed E-state index contributed by atoms with van der Waals surface area (Å²) < 4.78 is 26.2. The molecule has 7 nitrogen and oxygen atoms in total. The van der Waals surface area contributed by atoms with Crippen LogP contribution in [0.3, 0.4) is 0 Å². The van der Waals surface area contributed by atoms with Crippen LogP contribution in [0.4, 0.5) is 5.69 Å². The van der Waals surface area contributed by atoms with Crippen LogP contribution in [-0.4, -0.2) is 50.5 Å². The van der Waals surface area contributed by atoms with E-state index in [1.165, 1.54) is 4.90 Å². The Labute approximate surface area is 212 Å². The number of halogens is 2. The van der Waals surface area contributed by atoms with E-state index in [0.717, 1.165) is 16.1 Å². The standard InChI is InChI=1S/C24H31Cl2N3O4S/c1-6-27-24(31)17(4)28(14-18-7-12-21(25)22(26)13-18)23(30)15-29(34(5,32)33)20-10-8-19(9-11-20)16(2)3/h7-13,16-17H,6,14-15H2,1-5H3,(H,27,31)/t17-/m1/s1. The van der Waals surface area contributed by atoms with E-state index in [1.54, 1.807) is 44.2 Å². The molecule has 2 aromatic carbocycles. The van der Waals surface area contributed by atoms with Crippen LogP contribution in [0.1, 0.15) is 44.7 Å². The van der Waals surface area contributed by atoms with Gasteiger partial charge in [-0.1, -0.05) is 55.2 Å². The number of benzene rings is 2. The zero-order valence-electron chi connectivity index (χ0n) is 20.0. The molecule has 0 fully saturated rings. The average molecular weight is 529 g/mol. The summed E-state index contributed by atoms with van der Waals surface area (Å²) in [7, 11) is -3.77. The molecule has 2 rings (SSSR count). The van der Waals surface area contributed by atoms with Crippen molar-refractivity contribution in [3.8, 4) is 0 Å². The molecule has 0 saturated carbocycles. The van der Waals surface area contributed by atoms with Gasteiger partial charge in [0, 0.05) is 13.1 Å². The van der Waals surface area contributed by atoms with Crippen LogP contribution in [0, 0.1) is 0 Å². The number of carbonyl (C=O) groups excluding carboxylic acids is 2. The van der Waals surface area contributed by atoms with E-state index in [2.05, 4.69) is 5.32 Å². The number of likely N-dealkylation sites (N-methyl/N-ethyl adjacent to an activating group) is 1. The first-order valence-electron chi connectivity index (χ1n) is 10.9. The maximum atomic E-state index is 13.4. The minimum absolute atomic E-state index is 0.0535. The first-order valence-corrected chi connectivity index (χ1v) is 13.5. The Bertz CT molecular complexity index is 1120. The number of hydrogen-bond donors (Lipinski definition) is 1. The van der Waals surface area contributed by atoms with Crippen molar-refractivity contribution in [1.82, 2.24) is 10.2 Å². The van der Waals surface area contributed by atoms with Crippen molar-refractivity contribution in [3.63, 3.8) is 0 Å². The predicted octanol–water partition coefficient (Wildman–Crippen LogP) is 4.44. The maximum absolute atomic E-state index is 13.4. The zero-order valence-corrected chi connectivity index (χ0v) is 22.3. The quantitative estimate of drug-likeness (QED) is 0.494. The summed E-state index contributed by atoms with van der Waals surface area (Å²) in [4.78, 5) is 27.3.